The van der Waals surface area contributed by atoms with E-state index < -0.39 is 9.84 Å². The fraction of sp³-hybridized carbons (Fsp3) is 0.600. The second kappa shape index (κ2) is 5.74. The second-order valence-electron chi connectivity index (χ2n) is 5.70. The average molecular weight is 295 g/mol. The van der Waals surface area contributed by atoms with Crippen molar-refractivity contribution in [3.05, 3.63) is 29.3 Å². The van der Waals surface area contributed by atoms with Crippen LogP contribution in [0.2, 0.25) is 0 Å². The van der Waals surface area contributed by atoms with Crippen molar-refractivity contribution in [2.24, 2.45) is 0 Å². The second-order valence-corrected chi connectivity index (χ2v) is 7.93. The molecule has 0 aromatic heterocycles. The molecule has 1 N–H and O–H groups in total. The van der Waals surface area contributed by atoms with E-state index >= 15 is 0 Å². The number of nitrogens with one attached hydrogen (secondary N) is 1. The van der Waals surface area contributed by atoms with Crippen LogP contribution in [0.4, 0.5) is 0 Å². The Balaban J connectivity index is 1.50. The van der Waals surface area contributed by atoms with Crippen molar-refractivity contribution >= 4 is 9.84 Å². The Morgan fingerprint density at radius 1 is 1.35 bits per heavy atom. The lowest BCUT2D eigenvalue weighted by Gasteiger charge is -2.23. The summed E-state index contributed by atoms with van der Waals surface area (Å²) in [7, 11) is -2.81. The van der Waals surface area contributed by atoms with E-state index in [1.54, 1.807) is 0 Å². The van der Waals surface area contributed by atoms with Gasteiger partial charge in [-0.25, -0.2) is 8.42 Å². The smallest absolute Gasteiger partial charge is 0.151 e. The van der Waals surface area contributed by atoms with Crippen molar-refractivity contribution in [3.8, 4) is 5.75 Å². The molecule has 1 unspecified atom stereocenters. The van der Waals surface area contributed by atoms with Crippen LogP contribution in [-0.4, -0.2) is 39.1 Å². The van der Waals surface area contributed by atoms with E-state index in [4.69, 9.17) is 4.74 Å². The number of fused-ring (bicyclic) bond motifs is 1. The Morgan fingerprint density at radius 2 is 2.25 bits per heavy atom. The fourth-order valence-electron chi connectivity index (χ4n) is 3.00. The standard InChI is InChI=1S/C15H21NO3S/c17-20(18)9-1-2-14(11-20)16-7-5-12-3-4-15-13(10-12)6-8-19-15/h3-4,10,14,16H,1-2,5-9,11H2. The summed E-state index contributed by atoms with van der Waals surface area (Å²) in [6, 6.07) is 6.49. The number of ether oxygens (including phenoxy) is 1. The van der Waals surface area contributed by atoms with Crippen LogP contribution in [0, 0.1) is 0 Å². The molecule has 0 amide bonds. The molecule has 1 atom stereocenters. The molecule has 5 heteroatoms. The predicted molar refractivity (Wildman–Crippen MR) is 79.0 cm³/mol. The minimum Gasteiger partial charge on any atom is -0.493 e. The summed E-state index contributed by atoms with van der Waals surface area (Å²) in [6.45, 7) is 1.62. The molecule has 110 valence electrons. The van der Waals surface area contributed by atoms with Gasteiger partial charge in [-0.1, -0.05) is 12.1 Å². The Bertz CT molecular complexity index is 583. The van der Waals surface area contributed by atoms with Gasteiger partial charge >= 0.3 is 0 Å². The third kappa shape index (κ3) is 3.33. The van der Waals surface area contributed by atoms with Crippen LogP contribution in [0.1, 0.15) is 24.0 Å². The molecule has 3 rings (SSSR count). The average Bonchev–Trinajstić information content (AvgIpc) is 2.85. The van der Waals surface area contributed by atoms with Crippen LogP contribution >= 0.6 is 0 Å². The van der Waals surface area contributed by atoms with Crippen molar-refractivity contribution in [1.29, 1.82) is 0 Å². The van der Waals surface area contributed by atoms with E-state index in [1.807, 2.05) is 6.07 Å². The van der Waals surface area contributed by atoms with Gasteiger partial charge in [0.05, 0.1) is 18.1 Å². The first-order valence-electron chi connectivity index (χ1n) is 7.31. The summed E-state index contributed by atoms with van der Waals surface area (Å²) in [5, 5.41) is 3.38. The van der Waals surface area contributed by atoms with Crippen LogP contribution in [0.3, 0.4) is 0 Å². The number of benzene rings is 1. The number of hydrogen-bond donors (Lipinski definition) is 1. The zero-order chi connectivity index (χ0) is 14.0. The van der Waals surface area contributed by atoms with Gasteiger partial charge in [-0.15, -0.1) is 0 Å². The molecule has 1 aromatic rings. The molecule has 0 aliphatic carbocycles. The third-order valence-electron chi connectivity index (χ3n) is 4.06. The number of hydrogen-bond acceptors (Lipinski definition) is 4. The SMILES string of the molecule is O=S1(=O)CCCC(NCCc2ccc3c(c2)CCO3)C1. The lowest BCUT2D eigenvalue weighted by atomic mass is 10.1. The molecule has 20 heavy (non-hydrogen) atoms. The zero-order valence-corrected chi connectivity index (χ0v) is 12.4. The molecule has 1 fully saturated rings. The van der Waals surface area contributed by atoms with Crippen molar-refractivity contribution in [1.82, 2.24) is 5.32 Å². The molecular weight excluding hydrogens is 274 g/mol. The van der Waals surface area contributed by atoms with E-state index in [0.717, 1.165) is 44.6 Å². The van der Waals surface area contributed by atoms with E-state index in [9.17, 15) is 8.42 Å². The summed E-state index contributed by atoms with van der Waals surface area (Å²) in [4.78, 5) is 0. The third-order valence-corrected chi connectivity index (χ3v) is 5.88. The van der Waals surface area contributed by atoms with Gasteiger partial charge in [-0.3, -0.25) is 0 Å². The molecule has 0 saturated carbocycles. The van der Waals surface area contributed by atoms with Crippen LogP contribution in [0.25, 0.3) is 0 Å². The predicted octanol–water partition coefficient (Wildman–Crippen LogP) is 1.33. The Morgan fingerprint density at radius 3 is 3.10 bits per heavy atom. The maximum absolute atomic E-state index is 11.6. The van der Waals surface area contributed by atoms with E-state index in [2.05, 4.69) is 17.4 Å². The minimum absolute atomic E-state index is 0.131. The van der Waals surface area contributed by atoms with Crippen LogP contribution in [0.15, 0.2) is 18.2 Å². The lowest BCUT2D eigenvalue weighted by Crippen LogP contribution is -2.40. The van der Waals surface area contributed by atoms with Crippen molar-refractivity contribution in [2.45, 2.75) is 31.7 Å². The number of rotatable bonds is 4. The summed E-state index contributed by atoms with van der Waals surface area (Å²) in [6.07, 6.45) is 3.69. The maximum atomic E-state index is 11.6. The van der Waals surface area contributed by atoms with E-state index in [0.29, 0.717) is 11.5 Å². The highest BCUT2D eigenvalue weighted by Crippen LogP contribution is 2.25. The molecule has 1 aromatic carbocycles. The Labute approximate surface area is 120 Å². The fourth-order valence-corrected chi connectivity index (χ4v) is 4.67. The molecule has 2 aliphatic heterocycles. The molecule has 0 bridgehead atoms. The van der Waals surface area contributed by atoms with E-state index in [-0.39, 0.29) is 6.04 Å². The molecule has 2 aliphatic rings. The van der Waals surface area contributed by atoms with Crippen LogP contribution < -0.4 is 10.1 Å². The van der Waals surface area contributed by atoms with Gasteiger partial charge in [0.25, 0.3) is 0 Å². The van der Waals surface area contributed by atoms with Gasteiger partial charge in [-0.05, 0) is 43.0 Å². The van der Waals surface area contributed by atoms with Crippen LogP contribution in [0.5, 0.6) is 5.75 Å². The van der Waals surface area contributed by atoms with Gasteiger partial charge in [0, 0.05) is 12.5 Å². The highest BCUT2D eigenvalue weighted by Gasteiger charge is 2.24. The lowest BCUT2D eigenvalue weighted by molar-refractivity contribution is 0.357. The quantitative estimate of drug-likeness (QED) is 0.910. The van der Waals surface area contributed by atoms with Gasteiger partial charge in [-0.2, -0.15) is 0 Å². The molecule has 4 nitrogen and oxygen atoms in total. The van der Waals surface area contributed by atoms with Crippen molar-refractivity contribution < 1.29 is 13.2 Å². The highest BCUT2D eigenvalue weighted by molar-refractivity contribution is 7.91. The zero-order valence-electron chi connectivity index (χ0n) is 11.6. The first-order valence-corrected chi connectivity index (χ1v) is 9.13. The topological polar surface area (TPSA) is 55.4 Å². The van der Waals surface area contributed by atoms with Crippen molar-refractivity contribution in [3.63, 3.8) is 0 Å². The Hall–Kier alpha value is -1.07. The summed E-state index contributed by atoms with van der Waals surface area (Å²) in [5.74, 6) is 1.67. The maximum Gasteiger partial charge on any atom is 0.151 e. The summed E-state index contributed by atoms with van der Waals surface area (Å²) < 4.78 is 28.6. The normalized spacial score (nSPS) is 24.1. The molecule has 0 radical (unpaired) electrons. The number of sulfone groups is 1. The van der Waals surface area contributed by atoms with Gasteiger partial charge in [0.2, 0.25) is 0 Å². The first kappa shape index (κ1) is 13.9. The highest BCUT2D eigenvalue weighted by atomic mass is 32.2. The van der Waals surface area contributed by atoms with Gasteiger partial charge in [0.15, 0.2) is 9.84 Å². The minimum atomic E-state index is -2.81. The molecule has 0 spiro atoms. The van der Waals surface area contributed by atoms with E-state index in [1.165, 1.54) is 11.1 Å². The summed E-state index contributed by atoms with van der Waals surface area (Å²) >= 11 is 0. The van der Waals surface area contributed by atoms with Gasteiger partial charge in [0.1, 0.15) is 5.75 Å². The van der Waals surface area contributed by atoms with Crippen molar-refractivity contribution in [2.75, 3.05) is 24.7 Å². The molecule has 1 saturated heterocycles. The van der Waals surface area contributed by atoms with Gasteiger partial charge < -0.3 is 10.1 Å². The largest absolute Gasteiger partial charge is 0.493 e. The molecular formula is C15H21NO3S. The monoisotopic (exact) mass is 295 g/mol. The van der Waals surface area contributed by atoms with Crippen LogP contribution in [-0.2, 0) is 22.7 Å². The molecule has 2 heterocycles. The first-order chi connectivity index (χ1) is 9.62. The Kier molecular flexibility index (Phi) is 3.98. The summed E-state index contributed by atoms with van der Waals surface area (Å²) in [5.41, 5.74) is 2.59.